The van der Waals surface area contributed by atoms with E-state index in [9.17, 15) is 4.79 Å². The van der Waals surface area contributed by atoms with E-state index in [-0.39, 0.29) is 11.3 Å². The number of carbonyl (C=O) groups excluding carboxylic acids is 1. The summed E-state index contributed by atoms with van der Waals surface area (Å²) in [7, 11) is 1.99. The Morgan fingerprint density at radius 1 is 1.39 bits per heavy atom. The molecule has 0 bridgehead atoms. The van der Waals surface area contributed by atoms with Gasteiger partial charge in [0.2, 0.25) is 5.91 Å². The highest BCUT2D eigenvalue weighted by Crippen LogP contribution is 2.12. The Morgan fingerprint density at radius 2 is 2.09 bits per heavy atom. The number of nitrogens with one attached hydrogen (secondary N) is 2. The summed E-state index contributed by atoms with van der Waals surface area (Å²) in [6.45, 7) is 12.3. The van der Waals surface area contributed by atoms with E-state index in [0.29, 0.717) is 19.6 Å². The maximum atomic E-state index is 11.8. The van der Waals surface area contributed by atoms with Crippen molar-refractivity contribution < 1.29 is 4.79 Å². The van der Waals surface area contributed by atoms with Crippen molar-refractivity contribution in [1.29, 1.82) is 0 Å². The van der Waals surface area contributed by atoms with Crippen LogP contribution in [0.25, 0.3) is 0 Å². The molecule has 1 amide bonds. The maximum Gasteiger partial charge on any atom is 0.225 e. The molecule has 0 saturated carbocycles. The minimum absolute atomic E-state index is 0.0454. The van der Waals surface area contributed by atoms with Gasteiger partial charge in [-0.1, -0.05) is 20.8 Å². The summed E-state index contributed by atoms with van der Waals surface area (Å²) in [6.07, 6.45) is 0. The molecule has 7 heteroatoms. The number of guanidine groups is 1. The Balaban J connectivity index is 2.53. The molecule has 6 nitrogen and oxygen atoms in total. The van der Waals surface area contributed by atoms with Gasteiger partial charge in [0.1, 0.15) is 0 Å². The molecule has 1 aromatic heterocycles. The predicted octanol–water partition coefficient (Wildman–Crippen LogP) is 2.01. The van der Waals surface area contributed by atoms with Gasteiger partial charge in [0.15, 0.2) is 5.96 Å². The number of carbonyl (C=O) groups is 1. The van der Waals surface area contributed by atoms with Crippen LogP contribution in [0.4, 0.5) is 0 Å². The first-order chi connectivity index (χ1) is 10.7. The van der Waals surface area contributed by atoms with Crippen molar-refractivity contribution in [2.24, 2.45) is 10.4 Å². The second kappa shape index (κ2) is 8.86. The van der Waals surface area contributed by atoms with E-state index < -0.39 is 0 Å². The third kappa shape index (κ3) is 6.99. The summed E-state index contributed by atoms with van der Waals surface area (Å²) >= 11 is 1.65. The molecule has 0 aliphatic rings. The monoisotopic (exact) mass is 339 g/mol. The summed E-state index contributed by atoms with van der Waals surface area (Å²) in [5, 5.41) is 9.31. The Labute approximate surface area is 143 Å². The Bertz CT molecular complexity index is 533. The highest BCUT2D eigenvalue weighted by Gasteiger charge is 2.20. The Morgan fingerprint density at radius 3 is 2.61 bits per heavy atom. The Hall–Kier alpha value is -1.63. The first-order valence-corrected chi connectivity index (χ1v) is 8.80. The summed E-state index contributed by atoms with van der Waals surface area (Å²) in [4.78, 5) is 22.9. The minimum Gasteiger partial charge on any atom is -0.357 e. The molecule has 0 radical (unpaired) electrons. The molecule has 0 aromatic carbocycles. The van der Waals surface area contributed by atoms with E-state index >= 15 is 0 Å². The van der Waals surface area contributed by atoms with Crippen molar-refractivity contribution in [1.82, 2.24) is 20.5 Å². The number of thiazole rings is 1. The quantitative estimate of drug-likeness (QED) is 0.472. The normalized spacial score (nSPS) is 12.2. The van der Waals surface area contributed by atoms with Gasteiger partial charge < -0.3 is 15.5 Å². The lowest BCUT2D eigenvalue weighted by atomic mass is 9.96. The topological polar surface area (TPSA) is 69.6 Å². The highest BCUT2D eigenvalue weighted by atomic mass is 32.1. The van der Waals surface area contributed by atoms with Crippen molar-refractivity contribution >= 4 is 23.2 Å². The van der Waals surface area contributed by atoms with E-state index in [0.717, 1.165) is 23.2 Å². The summed E-state index contributed by atoms with van der Waals surface area (Å²) in [5.74, 6) is 0.868. The van der Waals surface area contributed by atoms with Crippen LogP contribution in [-0.2, 0) is 11.3 Å². The lowest BCUT2D eigenvalue weighted by Crippen LogP contribution is -2.40. The smallest absolute Gasteiger partial charge is 0.225 e. The van der Waals surface area contributed by atoms with Crippen molar-refractivity contribution in [3.8, 4) is 0 Å². The van der Waals surface area contributed by atoms with Crippen LogP contribution < -0.4 is 10.6 Å². The van der Waals surface area contributed by atoms with Crippen molar-refractivity contribution in [2.45, 2.75) is 41.2 Å². The lowest BCUT2D eigenvalue weighted by Gasteiger charge is -2.21. The molecule has 1 heterocycles. The molecule has 0 aliphatic carbocycles. The molecule has 1 aromatic rings. The first-order valence-electron chi connectivity index (χ1n) is 7.92. The minimum atomic E-state index is -0.368. The van der Waals surface area contributed by atoms with Gasteiger partial charge in [-0.2, -0.15) is 0 Å². The van der Waals surface area contributed by atoms with Crippen LogP contribution in [0.3, 0.4) is 0 Å². The summed E-state index contributed by atoms with van der Waals surface area (Å²) in [6, 6.07) is 0. The van der Waals surface area contributed by atoms with E-state index in [4.69, 9.17) is 0 Å². The molecular formula is C16H29N5OS. The van der Waals surface area contributed by atoms with Crippen LogP contribution in [-0.4, -0.2) is 48.4 Å². The standard InChI is InChI=1S/C16H29N5OS/c1-7-17-15(19-9-8-18-14(22)16(3,4)5)21(6)10-13-11-23-12(2)20-13/h11H,7-10H2,1-6H3,(H,17,19)(H,18,22). The molecule has 0 spiro atoms. The fourth-order valence-corrected chi connectivity index (χ4v) is 2.47. The molecule has 130 valence electrons. The number of hydrogen-bond acceptors (Lipinski definition) is 4. The lowest BCUT2D eigenvalue weighted by molar-refractivity contribution is -0.128. The molecule has 0 atom stereocenters. The second-order valence-electron chi connectivity index (χ2n) is 6.46. The van der Waals surface area contributed by atoms with Crippen LogP contribution in [0, 0.1) is 12.3 Å². The van der Waals surface area contributed by atoms with Gasteiger partial charge in [0, 0.05) is 30.9 Å². The van der Waals surface area contributed by atoms with Gasteiger partial charge in [0.05, 0.1) is 23.8 Å². The zero-order chi connectivity index (χ0) is 17.5. The molecule has 0 aliphatic heterocycles. The third-order valence-electron chi connectivity index (χ3n) is 3.10. The number of amides is 1. The number of nitrogens with zero attached hydrogens (tertiary/aromatic N) is 3. The van der Waals surface area contributed by atoms with Crippen LogP contribution in [0.1, 0.15) is 38.4 Å². The number of aryl methyl sites for hydroxylation is 1. The van der Waals surface area contributed by atoms with E-state index in [1.807, 2.05) is 46.6 Å². The second-order valence-corrected chi connectivity index (χ2v) is 7.52. The third-order valence-corrected chi connectivity index (χ3v) is 3.92. The van der Waals surface area contributed by atoms with Crippen molar-refractivity contribution in [3.63, 3.8) is 0 Å². The fraction of sp³-hybridized carbons (Fsp3) is 0.688. The largest absolute Gasteiger partial charge is 0.357 e. The number of hydrogen-bond donors (Lipinski definition) is 2. The van der Waals surface area contributed by atoms with Gasteiger partial charge in [-0.15, -0.1) is 11.3 Å². The van der Waals surface area contributed by atoms with E-state index in [2.05, 4.69) is 26.0 Å². The van der Waals surface area contributed by atoms with Gasteiger partial charge in [-0.25, -0.2) is 4.98 Å². The molecule has 23 heavy (non-hydrogen) atoms. The van der Waals surface area contributed by atoms with Gasteiger partial charge in [0.25, 0.3) is 0 Å². The van der Waals surface area contributed by atoms with Crippen molar-refractivity contribution in [3.05, 3.63) is 16.1 Å². The van der Waals surface area contributed by atoms with Gasteiger partial charge in [-0.3, -0.25) is 9.79 Å². The average Bonchev–Trinajstić information content (AvgIpc) is 2.86. The van der Waals surface area contributed by atoms with Crippen LogP contribution in [0.2, 0.25) is 0 Å². The first kappa shape index (κ1) is 19.4. The van der Waals surface area contributed by atoms with Gasteiger partial charge in [-0.05, 0) is 13.8 Å². The number of rotatable bonds is 6. The summed E-state index contributed by atoms with van der Waals surface area (Å²) in [5.41, 5.74) is 0.676. The zero-order valence-corrected chi connectivity index (χ0v) is 15.9. The molecule has 0 fully saturated rings. The summed E-state index contributed by atoms with van der Waals surface area (Å²) < 4.78 is 0. The van der Waals surface area contributed by atoms with Crippen molar-refractivity contribution in [2.75, 3.05) is 26.7 Å². The van der Waals surface area contributed by atoms with Crippen LogP contribution in [0.15, 0.2) is 10.4 Å². The molecule has 1 rings (SSSR count). The number of aliphatic imine (C=N–C) groups is 1. The predicted molar refractivity (Wildman–Crippen MR) is 96.8 cm³/mol. The molecular weight excluding hydrogens is 310 g/mol. The van der Waals surface area contributed by atoms with E-state index in [1.165, 1.54) is 0 Å². The Kier molecular flexibility index (Phi) is 7.48. The van der Waals surface area contributed by atoms with Crippen LogP contribution in [0.5, 0.6) is 0 Å². The fourth-order valence-electron chi connectivity index (χ4n) is 1.86. The van der Waals surface area contributed by atoms with Gasteiger partial charge >= 0.3 is 0 Å². The number of aromatic nitrogens is 1. The highest BCUT2D eigenvalue weighted by molar-refractivity contribution is 7.09. The molecule has 0 unspecified atom stereocenters. The maximum absolute atomic E-state index is 11.8. The van der Waals surface area contributed by atoms with Crippen LogP contribution >= 0.6 is 11.3 Å². The SMILES string of the molecule is CCNC(=NCCNC(=O)C(C)(C)C)N(C)Cc1csc(C)n1. The zero-order valence-electron chi connectivity index (χ0n) is 15.1. The average molecular weight is 340 g/mol. The molecule has 2 N–H and O–H groups in total. The molecule has 0 saturated heterocycles. The van der Waals surface area contributed by atoms with E-state index in [1.54, 1.807) is 11.3 Å².